The molecule has 0 N–H and O–H groups in total. The second-order valence-corrected chi connectivity index (χ2v) is 5.98. The van der Waals surface area contributed by atoms with Gasteiger partial charge in [0.1, 0.15) is 5.78 Å². The Labute approximate surface area is 130 Å². The molecule has 0 bridgehead atoms. The lowest BCUT2D eigenvalue weighted by atomic mass is 9.82. The van der Waals surface area contributed by atoms with Crippen molar-refractivity contribution in [3.63, 3.8) is 0 Å². The standard InChI is InChI=1S/C18H18ClNO/c1-13-17(21)12-16(14-8-4-2-5-9-14)20(19)18(13)15-10-6-3-7-11-15/h2-11,13,16,18H,12H2,1H3. The number of ketones is 1. The zero-order chi connectivity index (χ0) is 14.8. The third-order valence-corrected chi connectivity index (χ3v) is 4.71. The summed E-state index contributed by atoms with van der Waals surface area (Å²) < 4.78 is 1.83. The molecule has 0 spiro atoms. The van der Waals surface area contributed by atoms with Crippen LogP contribution >= 0.6 is 11.8 Å². The average Bonchev–Trinajstić information content (AvgIpc) is 2.53. The summed E-state index contributed by atoms with van der Waals surface area (Å²) in [4.78, 5) is 12.4. The third-order valence-electron chi connectivity index (χ3n) is 4.26. The van der Waals surface area contributed by atoms with E-state index in [0.717, 1.165) is 11.1 Å². The summed E-state index contributed by atoms with van der Waals surface area (Å²) >= 11 is 6.66. The molecule has 108 valence electrons. The van der Waals surface area contributed by atoms with Gasteiger partial charge in [0.15, 0.2) is 0 Å². The molecular formula is C18H18ClNO. The summed E-state index contributed by atoms with van der Waals surface area (Å²) in [5, 5.41) is 0. The van der Waals surface area contributed by atoms with E-state index in [0.29, 0.717) is 6.42 Å². The minimum atomic E-state index is -0.0927. The fourth-order valence-corrected chi connectivity index (χ4v) is 3.53. The number of halogens is 1. The highest BCUT2D eigenvalue weighted by molar-refractivity contribution is 6.14. The van der Waals surface area contributed by atoms with Crippen molar-refractivity contribution in [2.24, 2.45) is 5.92 Å². The Morgan fingerprint density at radius 1 is 0.952 bits per heavy atom. The SMILES string of the molecule is CC1C(=O)CC(c2ccccc2)N(Cl)C1c1ccccc1. The van der Waals surface area contributed by atoms with Gasteiger partial charge in [-0.2, -0.15) is 0 Å². The molecule has 3 rings (SSSR count). The lowest BCUT2D eigenvalue weighted by Gasteiger charge is -2.40. The molecule has 2 aromatic carbocycles. The number of carbonyl (C=O) groups excluding carboxylic acids is 1. The second-order valence-electron chi connectivity index (χ2n) is 5.59. The van der Waals surface area contributed by atoms with Gasteiger partial charge in [0.2, 0.25) is 0 Å². The Balaban J connectivity index is 1.98. The Hall–Kier alpha value is -1.64. The Kier molecular flexibility index (Phi) is 4.09. The van der Waals surface area contributed by atoms with E-state index in [2.05, 4.69) is 0 Å². The molecule has 1 aliphatic rings. The van der Waals surface area contributed by atoms with Crippen LogP contribution < -0.4 is 0 Å². The van der Waals surface area contributed by atoms with Gasteiger partial charge in [-0.3, -0.25) is 4.79 Å². The van der Waals surface area contributed by atoms with E-state index in [9.17, 15) is 4.79 Å². The van der Waals surface area contributed by atoms with Gasteiger partial charge in [0.25, 0.3) is 0 Å². The van der Waals surface area contributed by atoms with Gasteiger partial charge in [-0.15, -0.1) is 0 Å². The average molecular weight is 300 g/mol. The van der Waals surface area contributed by atoms with Crippen LogP contribution in [0.1, 0.15) is 36.6 Å². The maximum absolute atomic E-state index is 12.4. The van der Waals surface area contributed by atoms with Crippen LogP contribution in [0.2, 0.25) is 0 Å². The molecule has 0 radical (unpaired) electrons. The first-order valence-corrected chi connectivity index (χ1v) is 7.59. The van der Waals surface area contributed by atoms with Crippen LogP contribution in [-0.4, -0.2) is 10.2 Å². The van der Waals surface area contributed by atoms with Crippen molar-refractivity contribution in [2.45, 2.75) is 25.4 Å². The maximum Gasteiger partial charge on any atom is 0.139 e. The molecule has 1 fully saturated rings. The predicted octanol–water partition coefficient (Wildman–Crippen LogP) is 4.53. The van der Waals surface area contributed by atoms with Gasteiger partial charge >= 0.3 is 0 Å². The molecule has 1 aliphatic heterocycles. The summed E-state index contributed by atoms with van der Waals surface area (Å²) in [6.07, 6.45) is 0.470. The third kappa shape index (κ3) is 2.74. The minimum absolute atomic E-state index is 0.0678. The van der Waals surface area contributed by atoms with Gasteiger partial charge in [-0.25, -0.2) is 4.42 Å². The highest BCUT2D eigenvalue weighted by atomic mass is 35.5. The lowest BCUT2D eigenvalue weighted by Crippen LogP contribution is -2.39. The number of Topliss-reactive ketones (excluding diaryl/α,β-unsaturated/α-hetero) is 1. The van der Waals surface area contributed by atoms with Crippen molar-refractivity contribution < 1.29 is 4.79 Å². The number of benzene rings is 2. The van der Waals surface area contributed by atoms with E-state index >= 15 is 0 Å². The van der Waals surface area contributed by atoms with Crippen molar-refractivity contribution in [1.29, 1.82) is 0 Å². The number of carbonyl (C=O) groups is 1. The predicted molar refractivity (Wildman–Crippen MR) is 84.8 cm³/mol. The lowest BCUT2D eigenvalue weighted by molar-refractivity contribution is -0.128. The van der Waals surface area contributed by atoms with E-state index in [-0.39, 0.29) is 23.8 Å². The zero-order valence-corrected chi connectivity index (χ0v) is 12.7. The number of nitrogens with zero attached hydrogens (tertiary/aromatic N) is 1. The van der Waals surface area contributed by atoms with Crippen molar-refractivity contribution in [2.75, 3.05) is 0 Å². The smallest absolute Gasteiger partial charge is 0.139 e. The first-order valence-electron chi connectivity index (χ1n) is 7.25. The molecule has 1 saturated heterocycles. The molecule has 21 heavy (non-hydrogen) atoms. The Morgan fingerprint density at radius 3 is 2.05 bits per heavy atom. The molecular weight excluding hydrogens is 282 g/mol. The molecule has 0 saturated carbocycles. The first-order chi connectivity index (χ1) is 10.2. The van der Waals surface area contributed by atoms with Crippen molar-refractivity contribution in [3.05, 3.63) is 71.8 Å². The Bertz CT molecular complexity index is 614. The molecule has 0 aliphatic carbocycles. The van der Waals surface area contributed by atoms with Crippen LogP contribution in [0, 0.1) is 5.92 Å². The number of hydrogen-bond acceptors (Lipinski definition) is 2. The van der Waals surface area contributed by atoms with E-state index in [1.165, 1.54) is 0 Å². The quantitative estimate of drug-likeness (QED) is 0.759. The largest absolute Gasteiger partial charge is 0.299 e. The number of rotatable bonds is 2. The molecule has 2 nitrogen and oxygen atoms in total. The number of piperidine rings is 1. The van der Waals surface area contributed by atoms with E-state index in [4.69, 9.17) is 11.8 Å². The van der Waals surface area contributed by atoms with E-state index in [1.807, 2.05) is 72.0 Å². The highest BCUT2D eigenvalue weighted by Gasteiger charge is 2.40. The minimum Gasteiger partial charge on any atom is -0.299 e. The van der Waals surface area contributed by atoms with Crippen molar-refractivity contribution in [1.82, 2.24) is 4.42 Å². The fourth-order valence-electron chi connectivity index (χ4n) is 3.06. The summed E-state index contributed by atoms with van der Waals surface area (Å²) in [5.41, 5.74) is 2.18. The summed E-state index contributed by atoms with van der Waals surface area (Å²) in [6.45, 7) is 1.97. The van der Waals surface area contributed by atoms with Gasteiger partial charge < -0.3 is 0 Å². The summed E-state index contributed by atoms with van der Waals surface area (Å²) in [5.74, 6) is 0.180. The first kappa shape index (κ1) is 14.3. The summed E-state index contributed by atoms with van der Waals surface area (Å²) in [6, 6.07) is 19.9. The Morgan fingerprint density at radius 2 is 1.48 bits per heavy atom. The van der Waals surface area contributed by atoms with E-state index < -0.39 is 0 Å². The van der Waals surface area contributed by atoms with E-state index in [1.54, 1.807) is 0 Å². The molecule has 0 amide bonds. The molecule has 1 heterocycles. The van der Waals surface area contributed by atoms with Gasteiger partial charge in [-0.05, 0) is 22.9 Å². The van der Waals surface area contributed by atoms with Gasteiger partial charge in [0, 0.05) is 12.3 Å². The summed E-state index contributed by atoms with van der Waals surface area (Å²) in [7, 11) is 0. The second kappa shape index (κ2) is 6.00. The fraction of sp³-hybridized carbons (Fsp3) is 0.278. The zero-order valence-electron chi connectivity index (χ0n) is 11.9. The van der Waals surface area contributed by atoms with Crippen LogP contribution in [0.3, 0.4) is 0 Å². The van der Waals surface area contributed by atoms with Gasteiger partial charge in [-0.1, -0.05) is 67.6 Å². The topological polar surface area (TPSA) is 20.3 Å². The highest BCUT2D eigenvalue weighted by Crippen LogP contribution is 2.44. The molecule has 3 atom stereocenters. The van der Waals surface area contributed by atoms with Crippen LogP contribution in [0.25, 0.3) is 0 Å². The molecule has 3 heteroatoms. The molecule has 0 aromatic heterocycles. The normalized spacial score (nSPS) is 26.8. The molecule has 3 unspecified atom stereocenters. The monoisotopic (exact) mass is 299 g/mol. The van der Waals surface area contributed by atoms with Crippen LogP contribution in [0.4, 0.5) is 0 Å². The maximum atomic E-state index is 12.4. The van der Waals surface area contributed by atoms with Crippen molar-refractivity contribution >= 4 is 17.6 Å². The van der Waals surface area contributed by atoms with Crippen LogP contribution in [0.5, 0.6) is 0 Å². The number of hydrogen-bond donors (Lipinski definition) is 0. The van der Waals surface area contributed by atoms with Crippen molar-refractivity contribution in [3.8, 4) is 0 Å². The van der Waals surface area contributed by atoms with Crippen LogP contribution in [0.15, 0.2) is 60.7 Å². The molecule has 2 aromatic rings. The van der Waals surface area contributed by atoms with Crippen LogP contribution in [-0.2, 0) is 4.79 Å². The van der Waals surface area contributed by atoms with Gasteiger partial charge in [0.05, 0.1) is 12.1 Å².